The van der Waals surface area contributed by atoms with Gasteiger partial charge in [0.25, 0.3) is 5.91 Å². The van der Waals surface area contributed by atoms with Gasteiger partial charge in [0.2, 0.25) is 17.8 Å². The number of ether oxygens (including phenoxy) is 1. The molecular formula is C37H38N10O5. The normalized spacial score (nSPS) is 14.2. The Kier molecular flexibility index (Phi) is 9.15. The molecule has 15 nitrogen and oxygen atoms in total. The van der Waals surface area contributed by atoms with Crippen molar-refractivity contribution in [2.45, 2.75) is 33.2 Å². The van der Waals surface area contributed by atoms with Crippen LogP contribution in [0.5, 0.6) is 5.75 Å². The molecule has 1 saturated heterocycles. The smallest absolute Gasteiger partial charge is 0.328 e. The fourth-order valence-corrected chi connectivity index (χ4v) is 6.50. The number of carbonyl (C=O) groups is 4. The Morgan fingerprint density at radius 2 is 1.77 bits per heavy atom. The summed E-state index contributed by atoms with van der Waals surface area (Å²) in [4.78, 5) is 62.8. The van der Waals surface area contributed by atoms with Crippen molar-refractivity contribution in [3.05, 3.63) is 88.6 Å². The number of methoxy groups -OCH3 is 1. The van der Waals surface area contributed by atoms with E-state index in [2.05, 4.69) is 57.3 Å². The largest absolute Gasteiger partial charge is 0.495 e. The average Bonchev–Trinajstić information content (AvgIpc) is 3.45. The molecule has 266 valence electrons. The maximum atomic E-state index is 13.3. The zero-order chi connectivity index (χ0) is 36.5. The van der Waals surface area contributed by atoms with Crippen LogP contribution in [-0.4, -0.2) is 75.1 Å². The van der Waals surface area contributed by atoms with Crippen LogP contribution in [0.1, 0.15) is 39.0 Å². The maximum Gasteiger partial charge on any atom is 0.328 e. The molecule has 2 aliphatic rings. The molecule has 5 aromatic rings. The van der Waals surface area contributed by atoms with Gasteiger partial charge in [-0.2, -0.15) is 10.1 Å². The molecule has 0 radical (unpaired) electrons. The van der Waals surface area contributed by atoms with Crippen molar-refractivity contribution in [3.8, 4) is 5.75 Å². The number of imide groups is 1. The molecule has 0 aliphatic carbocycles. The number of anilines is 5. The van der Waals surface area contributed by atoms with Gasteiger partial charge in [-0.15, -0.1) is 0 Å². The summed E-state index contributed by atoms with van der Waals surface area (Å²) in [6, 6.07) is 16.2. The summed E-state index contributed by atoms with van der Waals surface area (Å²) in [5.41, 5.74) is 7.40. The highest BCUT2D eigenvalue weighted by atomic mass is 16.5. The quantitative estimate of drug-likeness (QED) is 0.174. The Balaban J connectivity index is 0.994. The van der Waals surface area contributed by atoms with Crippen LogP contribution < -0.4 is 30.9 Å². The molecular weight excluding hydrogens is 664 g/mol. The first-order valence-corrected chi connectivity index (χ1v) is 16.8. The van der Waals surface area contributed by atoms with Gasteiger partial charge < -0.3 is 25.6 Å². The lowest BCUT2D eigenvalue weighted by Gasteiger charge is -2.29. The number of para-hydroxylation sites is 1. The van der Waals surface area contributed by atoms with Crippen LogP contribution in [0.15, 0.2) is 60.8 Å². The summed E-state index contributed by atoms with van der Waals surface area (Å²) in [5.74, 6) is 0.390. The summed E-state index contributed by atoms with van der Waals surface area (Å²) in [6.07, 6.45) is 2.55. The molecule has 1 fully saturated rings. The van der Waals surface area contributed by atoms with Crippen LogP contribution in [0.3, 0.4) is 0 Å². The van der Waals surface area contributed by atoms with E-state index in [1.165, 1.54) is 18.1 Å². The van der Waals surface area contributed by atoms with Gasteiger partial charge in [-0.25, -0.2) is 14.5 Å². The van der Waals surface area contributed by atoms with E-state index in [4.69, 9.17) is 9.72 Å². The number of hydrogen-bond acceptors (Lipinski definition) is 10. The van der Waals surface area contributed by atoms with Gasteiger partial charge in [0.1, 0.15) is 5.75 Å². The topological polar surface area (TPSA) is 176 Å². The standard InChI is InChI=1S/C37H38N10O5/c1-21-6-5-7-22(2)32(21)42-33-27-18-39-36(43-34(27)45(3)44-33)40-26-10-8-23-12-14-46(20-25(23)16-26)31(49)19-38-35(50)24-9-11-29(52-4)28(17-24)47-15-13-30(48)41-37(47)51/h5-11,16-18H,12-15,19-20H2,1-4H3,(H,38,50)(H,42,44)(H,39,40,43)(H,41,48,51). The number of aromatic nitrogens is 4. The number of urea groups is 1. The molecule has 4 heterocycles. The van der Waals surface area contributed by atoms with E-state index in [0.29, 0.717) is 48.4 Å². The second kappa shape index (κ2) is 14.0. The number of aryl methyl sites for hydroxylation is 3. The molecule has 0 saturated carbocycles. The molecule has 0 bridgehead atoms. The van der Waals surface area contributed by atoms with Crippen LogP contribution in [0, 0.1) is 13.8 Å². The summed E-state index contributed by atoms with van der Waals surface area (Å²) in [5, 5.41) is 17.2. The lowest BCUT2D eigenvalue weighted by atomic mass is 9.99. The van der Waals surface area contributed by atoms with Crippen molar-refractivity contribution < 1.29 is 23.9 Å². The minimum atomic E-state index is -0.594. The molecule has 4 N–H and O–H groups in total. The van der Waals surface area contributed by atoms with Gasteiger partial charge in [-0.1, -0.05) is 24.3 Å². The lowest BCUT2D eigenvalue weighted by molar-refractivity contribution is -0.131. The lowest BCUT2D eigenvalue weighted by Crippen LogP contribution is -2.49. The number of benzene rings is 3. The third-order valence-corrected chi connectivity index (χ3v) is 9.32. The predicted molar refractivity (Wildman–Crippen MR) is 195 cm³/mol. The maximum absolute atomic E-state index is 13.3. The van der Waals surface area contributed by atoms with Gasteiger partial charge in [-0.05, 0) is 72.9 Å². The Hall–Kier alpha value is -6.51. The SMILES string of the molecule is COc1ccc(C(=O)NCC(=O)N2CCc3ccc(Nc4ncc5c(Nc6c(C)cccc6C)nn(C)c5n4)cc3C2)cc1N1CCC(=O)NC1=O. The molecule has 2 aromatic heterocycles. The van der Waals surface area contributed by atoms with Crippen LogP contribution in [-0.2, 0) is 29.6 Å². The minimum absolute atomic E-state index is 0.124. The van der Waals surface area contributed by atoms with Crippen LogP contribution >= 0.6 is 0 Å². The molecule has 2 aliphatic heterocycles. The Bertz CT molecular complexity index is 2230. The summed E-state index contributed by atoms with van der Waals surface area (Å²) >= 11 is 0. The second-order valence-electron chi connectivity index (χ2n) is 12.8. The summed E-state index contributed by atoms with van der Waals surface area (Å²) < 4.78 is 7.11. The fraction of sp³-hybridized carbons (Fsp3) is 0.270. The number of amides is 5. The van der Waals surface area contributed by atoms with Crippen LogP contribution in [0.25, 0.3) is 11.0 Å². The van der Waals surface area contributed by atoms with Crippen molar-refractivity contribution in [2.24, 2.45) is 7.05 Å². The van der Waals surface area contributed by atoms with E-state index < -0.39 is 11.9 Å². The average molecular weight is 703 g/mol. The van der Waals surface area contributed by atoms with Crippen molar-refractivity contribution in [1.29, 1.82) is 0 Å². The van der Waals surface area contributed by atoms with E-state index in [9.17, 15) is 19.2 Å². The Morgan fingerprint density at radius 3 is 2.54 bits per heavy atom. The van der Waals surface area contributed by atoms with Crippen LogP contribution in [0.4, 0.5) is 33.6 Å². The number of fused-ring (bicyclic) bond motifs is 2. The molecule has 5 amide bonds. The van der Waals surface area contributed by atoms with E-state index in [1.54, 1.807) is 27.9 Å². The van der Waals surface area contributed by atoms with Gasteiger partial charge in [0.05, 0.1) is 24.7 Å². The monoisotopic (exact) mass is 702 g/mol. The number of nitrogens with one attached hydrogen (secondary N) is 4. The molecule has 0 unspecified atom stereocenters. The van der Waals surface area contributed by atoms with Crippen molar-refractivity contribution >= 4 is 63.6 Å². The van der Waals surface area contributed by atoms with E-state index >= 15 is 0 Å². The zero-order valence-corrected chi connectivity index (χ0v) is 29.2. The highest BCUT2D eigenvalue weighted by molar-refractivity contribution is 6.07. The van der Waals surface area contributed by atoms with Crippen molar-refractivity contribution in [2.75, 3.05) is 42.3 Å². The first-order chi connectivity index (χ1) is 25.1. The minimum Gasteiger partial charge on any atom is -0.495 e. The van der Waals surface area contributed by atoms with Gasteiger partial charge in [0.15, 0.2) is 11.5 Å². The third kappa shape index (κ3) is 6.80. The summed E-state index contributed by atoms with van der Waals surface area (Å²) in [7, 11) is 3.30. The zero-order valence-electron chi connectivity index (χ0n) is 29.2. The third-order valence-electron chi connectivity index (χ3n) is 9.32. The van der Waals surface area contributed by atoms with Gasteiger partial charge in [0, 0.05) is 56.2 Å². The highest BCUT2D eigenvalue weighted by Crippen LogP contribution is 2.32. The van der Waals surface area contributed by atoms with E-state index in [1.807, 2.05) is 31.3 Å². The van der Waals surface area contributed by atoms with Gasteiger partial charge >= 0.3 is 6.03 Å². The van der Waals surface area contributed by atoms with Crippen molar-refractivity contribution in [1.82, 2.24) is 35.3 Å². The second-order valence-corrected chi connectivity index (χ2v) is 12.8. The Labute approximate surface area is 299 Å². The molecule has 0 spiro atoms. The van der Waals surface area contributed by atoms with Crippen molar-refractivity contribution in [3.63, 3.8) is 0 Å². The molecule has 0 atom stereocenters. The molecule has 15 heteroatoms. The first-order valence-electron chi connectivity index (χ1n) is 16.8. The first kappa shape index (κ1) is 34.0. The van der Waals surface area contributed by atoms with Crippen LogP contribution in [0.2, 0.25) is 0 Å². The molecule has 3 aromatic carbocycles. The highest BCUT2D eigenvalue weighted by Gasteiger charge is 2.28. The molecule has 7 rings (SSSR count). The molecule has 52 heavy (non-hydrogen) atoms. The fourth-order valence-electron chi connectivity index (χ4n) is 6.50. The number of hydrogen-bond donors (Lipinski definition) is 4. The Morgan fingerprint density at radius 1 is 0.962 bits per heavy atom. The predicted octanol–water partition coefficient (Wildman–Crippen LogP) is 4.24. The number of nitrogens with zero attached hydrogens (tertiary/aromatic N) is 6. The number of carbonyl (C=O) groups excluding carboxylic acids is 4. The van der Waals surface area contributed by atoms with E-state index in [-0.39, 0.29) is 36.9 Å². The summed E-state index contributed by atoms with van der Waals surface area (Å²) in [6.45, 7) is 4.95. The van der Waals surface area contributed by atoms with Gasteiger partial charge in [-0.3, -0.25) is 24.6 Å². The number of rotatable bonds is 9. The van der Waals surface area contributed by atoms with E-state index in [0.717, 1.165) is 39.0 Å².